The number of hydrogen-bond donors (Lipinski definition) is 0. The van der Waals surface area contributed by atoms with Gasteiger partial charge in [-0.3, -0.25) is 9.59 Å². The summed E-state index contributed by atoms with van der Waals surface area (Å²) in [5.41, 5.74) is 1.29. The fourth-order valence-electron chi connectivity index (χ4n) is 1.61. The van der Waals surface area contributed by atoms with Gasteiger partial charge >= 0.3 is 0 Å². The first-order valence-electron chi connectivity index (χ1n) is 4.22. The minimum Gasteiger partial charge on any atom is -0.328 e. The summed E-state index contributed by atoms with van der Waals surface area (Å²) in [5, 5.41) is 0. The highest BCUT2D eigenvalue weighted by atomic mass is 19.1. The average Bonchev–Trinajstić information content (AvgIpc) is 2.62. The summed E-state index contributed by atoms with van der Waals surface area (Å²) in [5.74, 6) is -0.913. The molecular formula is C10H8FNO2. The molecule has 0 spiro atoms. The highest BCUT2D eigenvalue weighted by molar-refractivity contribution is 6.23. The molecule has 0 fully saturated rings. The molecule has 0 saturated heterocycles. The predicted molar refractivity (Wildman–Crippen MR) is 46.7 cm³/mol. The zero-order valence-electron chi connectivity index (χ0n) is 7.37. The van der Waals surface area contributed by atoms with E-state index in [9.17, 15) is 14.0 Å². The molecule has 1 aliphatic heterocycles. The SMILES string of the molecule is O=CC(=O)N1Cc2cccc(F)c2C1. The second kappa shape index (κ2) is 3.21. The molecule has 1 heterocycles. The third-order valence-electron chi connectivity index (χ3n) is 2.34. The van der Waals surface area contributed by atoms with Crippen molar-refractivity contribution in [2.24, 2.45) is 0 Å². The van der Waals surface area contributed by atoms with Crippen molar-refractivity contribution >= 4 is 12.2 Å². The molecule has 1 aliphatic rings. The monoisotopic (exact) mass is 193 g/mol. The van der Waals surface area contributed by atoms with E-state index in [1.165, 1.54) is 11.0 Å². The Morgan fingerprint density at radius 2 is 2.21 bits per heavy atom. The summed E-state index contributed by atoms with van der Waals surface area (Å²) >= 11 is 0. The van der Waals surface area contributed by atoms with Crippen LogP contribution in [-0.2, 0) is 22.7 Å². The minimum absolute atomic E-state index is 0.194. The first-order chi connectivity index (χ1) is 6.72. The standard InChI is InChI=1S/C10H8FNO2/c11-9-3-1-2-7-4-12(5-8(7)9)10(14)6-13/h1-3,6H,4-5H2. The summed E-state index contributed by atoms with van der Waals surface area (Å²) in [4.78, 5) is 22.6. The Hall–Kier alpha value is -1.71. The lowest BCUT2D eigenvalue weighted by Gasteiger charge is -2.09. The maximum Gasteiger partial charge on any atom is 0.287 e. The number of carbonyl (C=O) groups excluding carboxylic acids is 2. The number of nitrogens with zero attached hydrogens (tertiary/aromatic N) is 1. The molecule has 2 rings (SSSR count). The van der Waals surface area contributed by atoms with Gasteiger partial charge in [0.2, 0.25) is 6.29 Å². The molecule has 14 heavy (non-hydrogen) atoms. The van der Waals surface area contributed by atoms with E-state index >= 15 is 0 Å². The van der Waals surface area contributed by atoms with Gasteiger partial charge < -0.3 is 4.90 Å². The molecule has 72 valence electrons. The van der Waals surface area contributed by atoms with Crippen LogP contribution >= 0.6 is 0 Å². The Morgan fingerprint density at radius 3 is 2.86 bits per heavy atom. The maximum absolute atomic E-state index is 13.2. The Labute approximate surface area is 80.1 Å². The molecule has 0 unspecified atom stereocenters. The van der Waals surface area contributed by atoms with Gasteiger partial charge in [0.15, 0.2) is 0 Å². The van der Waals surface area contributed by atoms with Crippen LogP contribution in [-0.4, -0.2) is 17.1 Å². The van der Waals surface area contributed by atoms with E-state index in [1.807, 2.05) is 0 Å². The van der Waals surface area contributed by atoms with Gasteiger partial charge in [-0.1, -0.05) is 12.1 Å². The van der Waals surface area contributed by atoms with Crippen molar-refractivity contribution in [1.29, 1.82) is 0 Å². The van der Waals surface area contributed by atoms with Crippen LogP contribution in [0.2, 0.25) is 0 Å². The van der Waals surface area contributed by atoms with Crippen molar-refractivity contribution in [3.8, 4) is 0 Å². The molecule has 0 aliphatic carbocycles. The zero-order chi connectivity index (χ0) is 10.1. The van der Waals surface area contributed by atoms with Crippen LogP contribution in [0, 0.1) is 5.82 Å². The van der Waals surface area contributed by atoms with E-state index in [-0.39, 0.29) is 18.6 Å². The topological polar surface area (TPSA) is 37.4 Å². The van der Waals surface area contributed by atoms with Crippen molar-refractivity contribution in [2.75, 3.05) is 0 Å². The van der Waals surface area contributed by atoms with Gasteiger partial charge in [-0.15, -0.1) is 0 Å². The number of hydrogen-bond acceptors (Lipinski definition) is 2. The molecule has 0 radical (unpaired) electrons. The number of fused-ring (bicyclic) bond motifs is 1. The number of benzene rings is 1. The van der Waals surface area contributed by atoms with E-state index in [0.29, 0.717) is 12.1 Å². The summed E-state index contributed by atoms with van der Waals surface area (Å²) in [7, 11) is 0. The first-order valence-corrected chi connectivity index (χ1v) is 4.22. The van der Waals surface area contributed by atoms with Crippen LogP contribution in [0.3, 0.4) is 0 Å². The number of carbonyl (C=O) groups is 2. The van der Waals surface area contributed by atoms with Crippen molar-refractivity contribution in [2.45, 2.75) is 13.1 Å². The van der Waals surface area contributed by atoms with Gasteiger partial charge in [0.25, 0.3) is 5.91 Å². The highest BCUT2D eigenvalue weighted by Crippen LogP contribution is 2.24. The molecule has 0 bridgehead atoms. The molecule has 0 N–H and O–H groups in total. The van der Waals surface area contributed by atoms with Crippen LogP contribution in [0.4, 0.5) is 4.39 Å². The smallest absolute Gasteiger partial charge is 0.287 e. The molecule has 0 atom stereocenters. The number of aldehydes is 1. The minimum atomic E-state index is -0.597. The lowest BCUT2D eigenvalue weighted by Crippen LogP contribution is -2.25. The second-order valence-electron chi connectivity index (χ2n) is 3.19. The molecule has 0 saturated carbocycles. The van der Waals surface area contributed by atoms with Crippen LogP contribution in [0.1, 0.15) is 11.1 Å². The fraction of sp³-hybridized carbons (Fsp3) is 0.200. The summed E-state index contributed by atoms with van der Waals surface area (Å²) < 4.78 is 13.2. The number of amides is 1. The molecular weight excluding hydrogens is 185 g/mol. The fourth-order valence-corrected chi connectivity index (χ4v) is 1.61. The molecule has 1 aromatic carbocycles. The maximum atomic E-state index is 13.2. The second-order valence-corrected chi connectivity index (χ2v) is 3.19. The molecule has 4 heteroatoms. The lowest BCUT2D eigenvalue weighted by atomic mass is 10.1. The third-order valence-corrected chi connectivity index (χ3v) is 2.34. The normalized spacial score (nSPS) is 13.9. The Morgan fingerprint density at radius 1 is 1.43 bits per heavy atom. The summed E-state index contributed by atoms with van der Waals surface area (Å²) in [6, 6.07) is 4.72. The van der Waals surface area contributed by atoms with Crippen molar-refractivity contribution in [3.05, 3.63) is 35.1 Å². The largest absolute Gasteiger partial charge is 0.328 e. The van der Waals surface area contributed by atoms with E-state index in [4.69, 9.17) is 0 Å². The van der Waals surface area contributed by atoms with Gasteiger partial charge in [0.05, 0.1) is 0 Å². The predicted octanol–water partition coefficient (Wildman–Crippen LogP) is 0.867. The number of rotatable bonds is 1. The number of halogens is 1. The average molecular weight is 193 g/mol. The molecule has 0 aromatic heterocycles. The Kier molecular flexibility index (Phi) is 2.04. The van der Waals surface area contributed by atoms with Crippen LogP contribution in [0.5, 0.6) is 0 Å². The van der Waals surface area contributed by atoms with Gasteiger partial charge in [-0.25, -0.2) is 4.39 Å². The summed E-state index contributed by atoms with van der Waals surface area (Å²) in [6.07, 6.45) is 0.254. The highest BCUT2D eigenvalue weighted by Gasteiger charge is 2.24. The van der Waals surface area contributed by atoms with Crippen LogP contribution in [0.25, 0.3) is 0 Å². The lowest BCUT2D eigenvalue weighted by molar-refractivity contribution is -0.139. The van der Waals surface area contributed by atoms with Gasteiger partial charge in [-0.2, -0.15) is 0 Å². The van der Waals surface area contributed by atoms with Crippen LogP contribution in [0.15, 0.2) is 18.2 Å². The Bertz CT molecular complexity index is 403. The van der Waals surface area contributed by atoms with E-state index in [2.05, 4.69) is 0 Å². The van der Waals surface area contributed by atoms with Gasteiger partial charge in [-0.05, 0) is 11.6 Å². The van der Waals surface area contributed by atoms with E-state index in [1.54, 1.807) is 12.1 Å². The summed E-state index contributed by atoms with van der Waals surface area (Å²) in [6.45, 7) is 0.518. The van der Waals surface area contributed by atoms with E-state index in [0.717, 1.165) is 5.56 Å². The zero-order valence-corrected chi connectivity index (χ0v) is 7.37. The van der Waals surface area contributed by atoms with Gasteiger partial charge in [0.1, 0.15) is 5.82 Å². The Balaban J connectivity index is 2.30. The molecule has 3 nitrogen and oxygen atoms in total. The van der Waals surface area contributed by atoms with E-state index < -0.39 is 5.91 Å². The van der Waals surface area contributed by atoms with Crippen LogP contribution < -0.4 is 0 Å². The molecule has 1 amide bonds. The first kappa shape index (κ1) is 8.87. The van der Waals surface area contributed by atoms with Crippen molar-refractivity contribution in [1.82, 2.24) is 4.90 Å². The van der Waals surface area contributed by atoms with Crippen molar-refractivity contribution in [3.63, 3.8) is 0 Å². The quantitative estimate of drug-likeness (QED) is 0.490. The van der Waals surface area contributed by atoms with Crippen molar-refractivity contribution < 1.29 is 14.0 Å². The molecule has 1 aromatic rings. The van der Waals surface area contributed by atoms with Gasteiger partial charge in [0, 0.05) is 18.7 Å². The third kappa shape index (κ3) is 1.28.